The second kappa shape index (κ2) is 13.7. The van der Waals surface area contributed by atoms with Crippen LogP contribution in [0, 0.1) is 0 Å². The highest BCUT2D eigenvalue weighted by Crippen LogP contribution is 2.26. The molecule has 0 unspecified atom stereocenters. The molecule has 8 N–H and O–H groups in total. The smallest absolute Gasteiger partial charge is 0.354 e. The number of aromatic amines is 1. The number of fused-ring (bicyclic) bond motifs is 1. The van der Waals surface area contributed by atoms with Gasteiger partial charge in [-0.2, -0.15) is 4.98 Å². The maximum atomic E-state index is 12.9. The summed E-state index contributed by atoms with van der Waals surface area (Å²) in [5, 5.41) is 4.23. The molecule has 2 heterocycles. The molecular weight excluding hydrogens is 492 g/mol. The van der Waals surface area contributed by atoms with Crippen molar-refractivity contribution < 1.29 is 4.74 Å². The Labute approximate surface area is 228 Å². The lowest BCUT2D eigenvalue weighted by atomic mass is 10.00. The van der Waals surface area contributed by atoms with Crippen LogP contribution in [0.1, 0.15) is 36.0 Å². The molecule has 0 atom stereocenters. The quantitative estimate of drug-likeness (QED) is 0.0950. The van der Waals surface area contributed by atoms with Crippen LogP contribution in [0.4, 0.5) is 0 Å². The van der Waals surface area contributed by atoms with Crippen molar-refractivity contribution in [2.24, 2.45) is 22.2 Å². The van der Waals surface area contributed by atoms with Gasteiger partial charge in [0.2, 0.25) is 0 Å². The number of methoxy groups -OCH3 is 1. The normalized spacial score (nSPS) is 11.2. The van der Waals surface area contributed by atoms with E-state index in [-0.39, 0.29) is 11.6 Å². The number of aromatic nitrogens is 3. The van der Waals surface area contributed by atoms with Crippen molar-refractivity contribution in [1.29, 1.82) is 0 Å². The first-order valence-electron chi connectivity index (χ1n) is 13.3. The highest BCUT2D eigenvalue weighted by molar-refractivity contribution is 5.82. The van der Waals surface area contributed by atoms with Crippen LogP contribution in [0.25, 0.3) is 28.0 Å². The summed E-state index contributed by atoms with van der Waals surface area (Å²) in [5.41, 5.74) is 22.8. The number of benzene rings is 2. The molecule has 4 rings (SSSR count). The van der Waals surface area contributed by atoms with E-state index >= 15 is 0 Å². The minimum absolute atomic E-state index is 0.115. The van der Waals surface area contributed by atoms with E-state index in [0.29, 0.717) is 31.9 Å². The van der Waals surface area contributed by atoms with Crippen molar-refractivity contribution in [2.45, 2.75) is 38.8 Å². The minimum atomic E-state index is -0.336. The molecule has 0 spiro atoms. The fraction of sp³-hybridized carbons (Fsp3) is 0.345. The molecule has 0 bridgehead atoms. The molecule has 0 amide bonds. The summed E-state index contributed by atoms with van der Waals surface area (Å²) in [6, 6.07) is 16.4. The summed E-state index contributed by atoms with van der Waals surface area (Å²) >= 11 is 0. The van der Waals surface area contributed by atoms with Crippen molar-refractivity contribution in [3.05, 3.63) is 81.9 Å². The van der Waals surface area contributed by atoms with Gasteiger partial charge >= 0.3 is 5.69 Å². The number of H-pyrrole nitrogens is 1. The van der Waals surface area contributed by atoms with Gasteiger partial charge in [-0.3, -0.25) is 9.56 Å². The van der Waals surface area contributed by atoms with Gasteiger partial charge in [-0.25, -0.2) is 4.79 Å². The number of guanidine groups is 1. The Morgan fingerprint density at radius 3 is 2.59 bits per heavy atom. The van der Waals surface area contributed by atoms with E-state index < -0.39 is 0 Å². The van der Waals surface area contributed by atoms with Crippen LogP contribution in [-0.4, -0.2) is 47.2 Å². The maximum absolute atomic E-state index is 12.9. The highest BCUT2D eigenvalue weighted by atomic mass is 16.5. The van der Waals surface area contributed by atoms with Crippen LogP contribution in [0.2, 0.25) is 0 Å². The first-order valence-corrected chi connectivity index (χ1v) is 13.3. The Balaban J connectivity index is 1.51. The molecular formula is C29H38N8O2. The van der Waals surface area contributed by atoms with Gasteiger partial charge in [0.25, 0.3) is 0 Å². The number of unbranched alkanes of at least 4 members (excludes halogenated alkanes) is 1. The van der Waals surface area contributed by atoms with Crippen molar-refractivity contribution >= 4 is 17.0 Å². The average molecular weight is 531 g/mol. The van der Waals surface area contributed by atoms with Crippen LogP contribution in [-0.2, 0) is 24.3 Å². The molecule has 0 aliphatic heterocycles. The van der Waals surface area contributed by atoms with E-state index in [4.69, 9.17) is 21.9 Å². The molecule has 10 nitrogen and oxygen atoms in total. The number of ether oxygens (including phenoxy) is 1. The molecule has 10 heteroatoms. The molecule has 0 fully saturated rings. The average Bonchev–Trinajstić information content (AvgIpc) is 3.34. The van der Waals surface area contributed by atoms with Crippen LogP contribution in [0.15, 0.2) is 64.5 Å². The minimum Gasteiger partial charge on any atom is -0.380 e. The monoisotopic (exact) mass is 530 g/mol. The summed E-state index contributed by atoms with van der Waals surface area (Å²) in [5.74, 6) is 0.115. The molecule has 0 aliphatic rings. The summed E-state index contributed by atoms with van der Waals surface area (Å²) in [6.07, 6.45) is 5.66. The van der Waals surface area contributed by atoms with Crippen molar-refractivity contribution in [2.75, 3.05) is 26.7 Å². The Bertz CT molecular complexity index is 1450. The Hall–Kier alpha value is -3.99. The van der Waals surface area contributed by atoms with E-state index in [0.717, 1.165) is 65.7 Å². The van der Waals surface area contributed by atoms with E-state index in [1.54, 1.807) is 11.7 Å². The van der Waals surface area contributed by atoms with Gasteiger partial charge in [-0.1, -0.05) is 18.2 Å². The van der Waals surface area contributed by atoms with E-state index in [2.05, 4.69) is 38.5 Å². The van der Waals surface area contributed by atoms with Crippen LogP contribution in [0.5, 0.6) is 0 Å². The highest BCUT2D eigenvalue weighted by Gasteiger charge is 2.11. The third kappa shape index (κ3) is 7.76. The zero-order chi connectivity index (χ0) is 27.6. The summed E-state index contributed by atoms with van der Waals surface area (Å²) in [7, 11) is 1.70. The number of nitrogens with one attached hydrogen (secondary N) is 2. The van der Waals surface area contributed by atoms with Gasteiger partial charge in [0.05, 0.1) is 12.3 Å². The third-order valence-electron chi connectivity index (χ3n) is 6.45. The fourth-order valence-corrected chi connectivity index (χ4v) is 4.54. The van der Waals surface area contributed by atoms with E-state index in [1.807, 2.05) is 36.5 Å². The SMILES string of the molecule is COCc1cc(CCCCN)cc(-c2cc3cn(-c4ccc(CNCCCN=C(N)N)cc4)c(=O)nc3[nH]2)c1. The fourth-order valence-electron chi connectivity index (χ4n) is 4.54. The second-order valence-corrected chi connectivity index (χ2v) is 9.60. The molecule has 0 saturated carbocycles. The van der Waals surface area contributed by atoms with Crippen molar-refractivity contribution in [1.82, 2.24) is 19.9 Å². The summed E-state index contributed by atoms with van der Waals surface area (Å²) in [4.78, 5) is 24.5. The molecule has 0 saturated heterocycles. The van der Waals surface area contributed by atoms with Gasteiger partial charge in [-0.15, -0.1) is 0 Å². The van der Waals surface area contributed by atoms with Crippen LogP contribution < -0.4 is 28.2 Å². The zero-order valence-corrected chi connectivity index (χ0v) is 22.5. The Morgan fingerprint density at radius 1 is 1.05 bits per heavy atom. The van der Waals surface area contributed by atoms with Crippen molar-refractivity contribution in [3.8, 4) is 16.9 Å². The zero-order valence-electron chi connectivity index (χ0n) is 22.5. The number of hydrogen-bond donors (Lipinski definition) is 5. The largest absolute Gasteiger partial charge is 0.380 e. The maximum Gasteiger partial charge on any atom is 0.354 e. The molecule has 0 radical (unpaired) electrons. The van der Waals surface area contributed by atoms with E-state index in [1.165, 1.54) is 5.56 Å². The molecule has 39 heavy (non-hydrogen) atoms. The van der Waals surface area contributed by atoms with Gasteiger partial charge in [0.15, 0.2) is 5.96 Å². The Kier molecular flexibility index (Phi) is 9.85. The molecule has 2 aromatic carbocycles. The van der Waals surface area contributed by atoms with Crippen molar-refractivity contribution in [3.63, 3.8) is 0 Å². The van der Waals surface area contributed by atoms with Gasteiger partial charge < -0.3 is 32.2 Å². The van der Waals surface area contributed by atoms with Gasteiger partial charge in [0, 0.05) is 37.5 Å². The number of nitrogens with zero attached hydrogens (tertiary/aromatic N) is 3. The number of hydrogen-bond acceptors (Lipinski definition) is 6. The van der Waals surface area contributed by atoms with Gasteiger partial charge in [-0.05, 0) is 91.4 Å². The van der Waals surface area contributed by atoms with Gasteiger partial charge in [0.1, 0.15) is 5.65 Å². The van der Waals surface area contributed by atoms with E-state index in [9.17, 15) is 4.79 Å². The number of aliphatic imine (C=N–C) groups is 1. The molecule has 0 aliphatic carbocycles. The summed E-state index contributed by atoms with van der Waals surface area (Å²) < 4.78 is 6.96. The lowest BCUT2D eigenvalue weighted by Crippen LogP contribution is -2.23. The standard InChI is InChI=1S/C29H38N8O2/c1-39-19-22-13-21(5-2-3-10-30)14-23(15-22)26-16-24-18-37(29(38)36-27(24)35-26)25-8-6-20(7-9-25)17-33-11-4-12-34-28(31)32/h6-9,13-16,18,33H,2-5,10-12,17,19,30H2,1H3,(H4,31,32,34)(H,35,36,38). The predicted octanol–water partition coefficient (Wildman–Crippen LogP) is 2.56. The topological polar surface area (TPSA) is 162 Å². The second-order valence-electron chi connectivity index (χ2n) is 9.60. The third-order valence-corrected chi connectivity index (χ3v) is 6.45. The van der Waals surface area contributed by atoms with Crippen LogP contribution in [0.3, 0.4) is 0 Å². The predicted molar refractivity (Wildman–Crippen MR) is 157 cm³/mol. The number of nitrogens with two attached hydrogens (primary N) is 3. The molecule has 2 aromatic heterocycles. The lowest BCUT2D eigenvalue weighted by Gasteiger charge is -2.09. The van der Waals surface area contributed by atoms with Crippen LogP contribution >= 0.6 is 0 Å². The number of aryl methyl sites for hydroxylation is 1. The number of rotatable bonds is 14. The summed E-state index contributed by atoms with van der Waals surface area (Å²) in [6.45, 7) is 3.34. The first kappa shape index (κ1) is 28.0. The first-order chi connectivity index (χ1) is 19.0. The molecule has 4 aromatic rings. The lowest BCUT2D eigenvalue weighted by molar-refractivity contribution is 0.185. The Morgan fingerprint density at radius 2 is 1.85 bits per heavy atom. The molecule has 206 valence electrons.